The van der Waals surface area contributed by atoms with E-state index in [4.69, 9.17) is 0 Å². The molecule has 0 spiro atoms. The van der Waals surface area contributed by atoms with Gasteiger partial charge in [0, 0.05) is 50.4 Å². The van der Waals surface area contributed by atoms with Crippen molar-refractivity contribution in [3.63, 3.8) is 0 Å². The van der Waals surface area contributed by atoms with Crippen molar-refractivity contribution in [2.45, 2.75) is 6.42 Å². The second-order valence-corrected chi connectivity index (χ2v) is 8.09. The molecule has 2 heterocycles. The van der Waals surface area contributed by atoms with E-state index in [2.05, 4.69) is 52.9 Å². The van der Waals surface area contributed by atoms with E-state index in [9.17, 15) is 9.59 Å². The molecular formula is C26H24N4O2. The summed E-state index contributed by atoms with van der Waals surface area (Å²) in [5.41, 5.74) is 5.10. The van der Waals surface area contributed by atoms with E-state index in [1.807, 2.05) is 36.0 Å². The van der Waals surface area contributed by atoms with Gasteiger partial charge < -0.3 is 10.2 Å². The molecular weight excluding hydrogens is 400 g/mol. The summed E-state index contributed by atoms with van der Waals surface area (Å²) >= 11 is 0. The highest BCUT2D eigenvalue weighted by Crippen LogP contribution is 2.29. The lowest BCUT2D eigenvalue weighted by molar-refractivity contribution is -0.120. The predicted molar refractivity (Wildman–Crippen MR) is 125 cm³/mol. The van der Waals surface area contributed by atoms with Gasteiger partial charge in [-0.1, -0.05) is 36.4 Å². The molecule has 4 aromatic rings. The van der Waals surface area contributed by atoms with Crippen LogP contribution in [0.1, 0.15) is 16.8 Å². The first kappa shape index (κ1) is 20.0. The Labute approximate surface area is 186 Å². The highest BCUT2D eigenvalue weighted by atomic mass is 16.2. The smallest absolute Gasteiger partial charge is 0.253 e. The third-order valence-corrected chi connectivity index (χ3v) is 6.00. The zero-order valence-electron chi connectivity index (χ0n) is 17.9. The summed E-state index contributed by atoms with van der Waals surface area (Å²) in [4.78, 5) is 26.3. The zero-order valence-corrected chi connectivity index (χ0v) is 17.9. The van der Waals surface area contributed by atoms with Gasteiger partial charge in [0.05, 0.1) is 5.69 Å². The number of aromatic nitrogens is 2. The predicted octanol–water partition coefficient (Wildman–Crippen LogP) is 3.87. The second kappa shape index (κ2) is 8.30. The van der Waals surface area contributed by atoms with E-state index >= 15 is 0 Å². The lowest BCUT2D eigenvalue weighted by Crippen LogP contribution is -2.34. The van der Waals surface area contributed by atoms with Gasteiger partial charge in [-0.05, 0) is 52.2 Å². The number of hydrogen-bond donors (Lipinski definition) is 1. The van der Waals surface area contributed by atoms with E-state index in [1.165, 1.54) is 0 Å². The molecule has 0 aliphatic carbocycles. The van der Waals surface area contributed by atoms with E-state index in [0.29, 0.717) is 31.6 Å². The normalized spacial score (nSPS) is 14.3. The largest absolute Gasteiger partial charge is 0.354 e. The summed E-state index contributed by atoms with van der Waals surface area (Å²) in [5, 5.41) is 9.18. The van der Waals surface area contributed by atoms with Crippen molar-refractivity contribution in [2.24, 2.45) is 7.05 Å². The Hall–Kier alpha value is -3.93. The summed E-state index contributed by atoms with van der Waals surface area (Å²) in [7, 11) is 1.94. The van der Waals surface area contributed by atoms with E-state index in [0.717, 1.165) is 33.2 Å². The molecule has 0 radical (unpaired) electrons. The number of hydrogen-bond acceptors (Lipinski definition) is 3. The average Bonchev–Trinajstić information content (AvgIpc) is 3.13. The summed E-state index contributed by atoms with van der Waals surface area (Å²) in [6, 6.07) is 22.6. The van der Waals surface area contributed by atoms with Crippen LogP contribution in [0.25, 0.3) is 33.2 Å². The molecule has 0 bridgehead atoms. The van der Waals surface area contributed by atoms with E-state index in [1.54, 1.807) is 11.1 Å². The number of amides is 2. The average molecular weight is 425 g/mol. The molecule has 3 aromatic carbocycles. The van der Waals surface area contributed by atoms with Gasteiger partial charge >= 0.3 is 0 Å². The zero-order chi connectivity index (χ0) is 22.1. The first-order valence-corrected chi connectivity index (χ1v) is 10.8. The lowest BCUT2D eigenvalue weighted by atomic mass is 9.98. The number of aryl methyl sites for hydroxylation is 1. The highest BCUT2D eigenvalue weighted by Gasteiger charge is 2.20. The monoisotopic (exact) mass is 424 g/mol. The van der Waals surface area contributed by atoms with Gasteiger partial charge in [0.2, 0.25) is 5.91 Å². The van der Waals surface area contributed by atoms with Crippen molar-refractivity contribution in [1.29, 1.82) is 0 Å². The standard InChI is InChI=1S/C26H24N4O2/c1-29-24(9-11-28-29)22-4-2-3-18(16-22)19-5-6-21-17-23(8-7-20(21)15-19)26(32)30-13-10-25(31)27-12-14-30/h2-9,11,15-17H,10,12-14H2,1H3,(H,27,31). The number of nitrogens with one attached hydrogen (secondary N) is 1. The molecule has 1 aliphatic heterocycles. The summed E-state index contributed by atoms with van der Waals surface area (Å²) in [6.45, 7) is 1.49. The van der Waals surface area contributed by atoms with Crippen molar-refractivity contribution >= 4 is 22.6 Å². The van der Waals surface area contributed by atoms with Gasteiger partial charge in [-0.3, -0.25) is 14.3 Å². The number of carbonyl (C=O) groups is 2. The molecule has 5 rings (SSSR count). The third-order valence-electron chi connectivity index (χ3n) is 6.00. The van der Waals surface area contributed by atoms with Crippen LogP contribution in [0, 0.1) is 0 Å². The Morgan fingerprint density at radius 3 is 2.53 bits per heavy atom. The van der Waals surface area contributed by atoms with Crippen LogP contribution in [0.2, 0.25) is 0 Å². The minimum Gasteiger partial charge on any atom is -0.354 e. The first-order chi connectivity index (χ1) is 15.6. The number of rotatable bonds is 3. The van der Waals surface area contributed by atoms with Crippen LogP contribution in [0.15, 0.2) is 72.9 Å². The van der Waals surface area contributed by atoms with Crippen LogP contribution in [-0.4, -0.2) is 46.1 Å². The number of benzene rings is 3. The van der Waals surface area contributed by atoms with E-state index in [-0.39, 0.29) is 11.8 Å². The highest BCUT2D eigenvalue weighted by molar-refractivity contribution is 5.99. The topological polar surface area (TPSA) is 67.2 Å². The fraction of sp³-hybridized carbons (Fsp3) is 0.192. The fourth-order valence-corrected chi connectivity index (χ4v) is 4.23. The minimum absolute atomic E-state index is 0.00111. The van der Waals surface area contributed by atoms with Crippen molar-refractivity contribution in [2.75, 3.05) is 19.6 Å². The van der Waals surface area contributed by atoms with Gasteiger partial charge in [-0.15, -0.1) is 0 Å². The number of nitrogens with zero attached hydrogens (tertiary/aromatic N) is 3. The number of fused-ring (bicyclic) bond motifs is 1. The van der Waals surface area contributed by atoms with Gasteiger partial charge in [-0.25, -0.2) is 0 Å². The van der Waals surface area contributed by atoms with Crippen LogP contribution < -0.4 is 5.32 Å². The van der Waals surface area contributed by atoms with Crippen molar-refractivity contribution in [3.8, 4) is 22.4 Å². The van der Waals surface area contributed by atoms with Crippen molar-refractivity contribution < 1.29 is 9.59 Å². The Balaban J connectivity index is 1.43. The summed E-state index contributed by atoms with van der Waals surface area (Å²) < 4.78 is 1.87. The first-order valence-electron chi connectivity index (χ1n) is 10.8. The SMILES string of the molecule is Cn1nccc1-c1cccc(-c2ccc3cc(C(=O)N4CCNC(=O)CC4)ccc3c2)c1. The minimum atomic E-state index is -0.0312. The Morgan fingerprint density at radius 1 is 0.906 bits per heavy atom. The maximum Gasteiger partial charge on any atom is 0.253 e. The maximum atomic E-state index is 12.9. The van der Waals surface area contributed by atoms with Crippen LogP contribution in [0.4, 0.5) is 0 Å². The Bertz CT molecular complexity index is 1320. The van der Waals surface area contributed by atoms with Crippen molar-refractivity contribution in [1.82, 2.24) is 20.0 Å². The van der Waals surface area contributed by atoms with Crippen LogP contribution >= 0.6 is 0 Å². The molecule has 6 nitrogen and oxygen atoms in total. The number of carbonyl (C=O) groups excluding carboxylic acids is 2. The van der Waals surface area contributed by atoms with Crippen LogP contribution in [0.3, 0.4) is 0 Å². The molecule has 32 heavy (non-hydrogen) atoms. The fourth-order valence-electron chi connectivity index (χ4n) is 4.23. The van der Waals surface area contributed by atoms with E-state index < -0.39 is 0 Å². The molecule has 1 N–H and O–H groups in total. The lowest BCUT2D eigenvalue weighted by Gasteiger charge is -2.19. The molecule has 1 saturated heterocycles. The molecule has 0 saturated carbocycles. The Morgan fingerprint density at radius 2 is 1.69 bits per heavy atom. The van der Waals surface area contributed by atoms with Crippen molar-refractivity contribution in [3.05, 3.63) is 78.5 Å². The second-order valence-electron chi connectivity index (χ2n) is 8.09. The molecule has 2 amide bonds. The van der Waals surface area contributed by atoms with Gasteiger partial charge in [-0.2, -0.15) is 5.10 Å². The van der Waals surface area contributed by atoms with Gasteiger partial charge in [0.1, 0.15) is 0 Å². The molecule has 6 heteroatoms. The Kier molecular flexibility index (Phi) is 5.19. The van der Waals surface area contributed by atoms with Crippen LogP contribution in [0.5, 0.6) is 0 Å². The molecule has 0 unspecified atom stereocenters. The van der Waals surface area contributed by atoms with Gasteiger partial charge in [0.15, 0.2) is 0 Å². The maximum absolute atomic E-state index is 12.9. The summed E-state index contributed by atoms with van der Waals surface area (Å²) in [5.74, 6) is -0.0323. The molecule has 0 atom stereocenters. The third kappa shape index (κ3) is 3.87. The molecule has 1 aromatic heterocycles. The molecule has 1 fully saturated rings. The summed E-state index contributed by atoms with van der Waals surface area (Å²) in [6.07, 6.45) is 2.15. The molecule has 1 aliphatic rings. The molecule has 160 valence electrons. The quantitative estimate of drug-likeness (QED) is 0.543. The van der Waals surface area contributed by atoms with Crippen LogP contribution in [-0.2, 0) is 11.8 Å². The van der Waals surface area contributed by atoms with Gasteiger partial charge in [0.25, 0.3) is 5.91 Å².